The molecule has 0 amide bonds. The van der Waals surface area contributed by atoms with Crippen molar-refractivity contribution in [1.29, 1.82) is 0 Å². The summed E-state index contributed by atoms with van der Waals surface area (Å²) in [5.74, 6) is 1.37. The molecule has 0 aromatic rings. The highest BCUT2D eigenvalue weighted by Gasteiger charge is 2.59. The van der Waals surface area contributed by atoms with Gasteiger partial charge in [-0.1, -0.05) is 60.3 Å². The van der Waals surface area contributed by atoms with Crippen LogP contribution in [0.15, 0.2) is 0 Å². The van der Waals surface area contributed by atoms with Crippen LogP contribution in [0, 0.1) is 11.8 Å². The third kappa shape index (κ3) is 2.93. The van der Waals surface area contributed by atoms with Crippen molar-refractivity contribution in [3.63, 3.8) is 0 Å². The van der Waals surface area contributed by atoms with Crippen molar-refractivity contribution in [3.05, 3.63) is 0 Å². The number of rotatable bonds is 6. The zero-order valence-corrected chi connectivity index (χ0v) is 15.1. The Bertz CT molecular complexity index is 272. The second-order valence-corrected chi connectivity index (χ2v) is 11.2. The van der Waals surface area contributed by atoms with Gasteiger partial charge in [0.15, 0.2) is 0 Å². The van der Waals surface area contributed by atoms with Crippen molar-refractivity contribution in [2.75, 3.05) is 14.2 Å². The minimum Gasteiger partial charge on any atom is -0.397 e. The second-order valence-electron chi connectivity index (χ2n) is 7.01. The molecule has 0 heterocycles. The molecule has 0 spiro atoms. The van der Waals surface area contributed by atoms with E-state index < -0.39 is 8.56 Å². The fourth-order valence-corrected chi connectivity index (χ4v) is 9.18. The molecule has 19 heavy (non-hydrogen) atoms. The summed E-state index contributed by atoms with van der Waals surface area (Å²) in [7, 11) is 1.56. The summed E-state index contributed by atoms with van der Waals surface area (Å²) in [6, 6.07) is 0. The normalized spacial score (nSPS) is 25.9. The van der Waals surface area contributed by atoms with E-state index in [-0.39, 0.29) is 5.04 Å². The first-order valence-electron chi connectivity index (χ1n) is 7.97. The molecule has 0 N–H and O–H groups in total. The Hall–Kier alpha value is 0.137. The van der Waals surface area contributed by atoms with E-state index in [0.29, 0.717) is 11.5 Å². The molecule has 0 bridgehead atoms. The molecule has 3 heteroatoms. The highest BCUT2D eigenvalue weighted by molar-refractivity contribution is 6.72. The fourth-order valence-electron chi connectivity index (χ4n) is 3.99. The lowest BCUT2D eigenvalue weighted by Crippen LogP contribution is -2.58. The molecule has 0 radical (unpaired) electrons. The molecular formula is C16H34O2Si. The largest absolute Gasteiger partial charge is 0.397 e. The lowest BCUT2D eigenvalue weighted by atomic mass is 9.87. The van der Waals surface area contributed by atoms with Crippen molar-refractivity contribution in [3.8, 4) is 0 Å². The first-order chi connectivity index (χ1) is 8.87. The Morgan fingerprint density at radius 3 is 2.05 bits per heavy atom. The van der Waals surface area contributed by atoms with Gasteiger partial charge in [-0.15, -0.1) is 0 Å². The van der Waals surface area contributed by atoms with Gasteiger partial charge in [0, 0.05) is 24.8 Å². The van der Waals surface area contributed by atoms with Crippen LogP contribution in [0.3, 0.4) is 0 Å². The maximum Gasteiger partial charge on any atom is 0.347 e. The smallest absolute Gasteiger partial charge is 0.347 e. The van der Waals surface area contributed by atoms with Crippen molar-refractivity contribution < 1.29 is 8.85 Å². The second kappa shape index (κ2) is 6.73. The Morgan fingerprint density at radius 2 is 1.63 bits per heavy atom. The van der Waals surface area contributed by atoms with Gasteiger partial charge in [-0.3, -0.25) is 0 Å². The Balaban J connectivity index is 3.16. The van der Waals surface area contributed by atoms with Crippen LogP contribution in [0.1, 0.15) is 66.7 Å². The van der Waals surface area contributed by atoms with E-state index >= 15 is 0 Å². The summed E-state index contributed by atoms with van der Waals surface area (Å²) in [5, 5.41) is 0.145. The number of hydrogen-bond donors (Lipinski definition) is 0. The van der Waals surface area contributed by atoms with E-state index in [9.17, 15) is 0 Å². The third-order valence-corrected chi connectivity index (χ3v) is 11.2. The first-order valence-corrected chi connectivity index (χ1v) is 9.87. The van der Waals surface area contributed by atoms with E-state index in [0.717, 1.165) is 5.92 Å². The summed E-state index contributed by atoms with van der Waals surface area (Å²) in [6.07, 6.45) is 6.64. The van der Waals surface area contributed by atoms with Gasteiger partial charge >= 0.3 is 8.56 Å². The Kier molecular flexibility index (Phi) is 6.09. The van der Waals surface area contributed by atoms with Gasteiger partial charge in [-0.25, -0.2) is 0 Å². The molecule has 1 fully saturated rings. The van der Waals surface area contributed by atoms with Crippen LogP contribution in [0.25, 0.3) is 0 Å². The molecule has 2 unspecified atom stereocenters. The fraction of sp³-hybridized carbons (Fsp3) is 1.00. The van der Waals surface area contributed by atoms with Crippen LogP contribution < -0.4 is 0 Å². The molecule has 0 saturated heterocycles. The van der Waals surface area contributed by atoms with E-state index in [1.165, 1.54) is 32.1 Å². The maximum atomic E-state index is 6.20. The summed E-state index contributed by atoms with van der Waals surface area (Å²) >= 11 is 0. The molecule has 114 valence electrons. The average Bonchev–Trinajstić information content (AvgIpc) is 2.41. The van der Waals surface area contributed by atoms with Crippen molar-refractivity contribution in [2.24, 2.45) is 11.8 Å². The summed E-state index contributed by atoms with van der Waals surface area (Å²) in [4.78, 5) is 0. The Labute approximate surface area is 121 Å². The van der Waals surface area contributed by atoms with Gasteiger partial charge in [-0.05, 0) is 18.3 Å². The average molecular weight is 287 g/mol. The van der Waals surface area contributed by atoms with Crippen LogP contribution in [0.4, 0.5) is 0 Å². The summed E-state index contributed by atoms with van der Waals surface area (Å²) in [6.45, 7) is 11.7. The molecule has 0 aromatic heterocycles. The SMILES string of the molecule is CCC1CCCCC1[Si](OC)(OC)C(C)(C)C(C)C. The van der Waals surface area contributed by atoms with Gasteiger partial charge in [0.25, 0.3) is 0 Å². The molecule has 0 aromatic carbocycles. The lowest BCUT2D eigenvalue weighted by Gasteiger charge is -2.51. The van der Waals surface area contributed by atoms with Crippen molar-refractivity contribution >= 4 is 8.56 Å². The molecule has 1 aliphatic rings. The molecule has 1 saturated carbocycles. The van der Waals surface area contributed by atoms with E-state index in [4.69, 9.17) is 8.85 Å². The van der Waals surface area contributed by atoms with Crippen LogP contribution >= 0.6 is 0 Å². The van der Waals surface area contributed by atoms with Gasteiger partial charge in [0.2, 0.25) is 0 Å². The first kappa shape index (κ1) is 17.2. The predicted octanol–water partition coefficient (Wildman–Crippen LogP) is 5.13. The maximum absolute atomic E-state index is 6.20. The molecule has 1 aliphatic carbocycles. The molecule has 2 atom stereocenters. The van der Waals surface area contributed by atoms with E-state index in [2.05, 4.69) is 34.6 Å². The topological polar surface area (TPSA) is 18.5 Å². The standard InChI is InChI=1S/C16H34O2Si/c1-8-14-11-9-10-12-15(14)19(17-6,18-7)16(4,5)13(2)3/h13-15H,8-12H2,1-7H3. The van der Waals surface area contributed by atoms with Crippen LogP contribution in [0.5, 0.6) is 0 Å². The van der Waals surface area contributed by atoms with E-state index in [1.54, 1.807) is 0 Å². The molecular weight excluding hydrogens is 252 g/mol. The Morgan fingerprint density at radius 1 is 1.11 bits per heavy atom. The minimum atomic E-state index is -2.22. The van der Waals surface area contributed by atoms with Gasteiger partial charge < -0.3 is 8.85 Å². The van der Waals surface area contributed by atoms with Crippen molar-refractivity contribution in [1.82, 2.24) is 0 Å². The third-order valence-electron chi connectivity index (χ3n) is 5.87. The van der Waals surface area contributed by atoms with Crippen LogP contribution in [0.2, 0.25) is 10.6 Å². The summed E-state index contributed by atoms with van der Waals surface area (Å²) in [5.41, 5.74) is 0.652. The highest BCUT2D eigenvalue weighted by Crippen LogP contribution is 2.56. The lowest BCUT2D eigenvalue weighted by molar-refractivity contribution is 0.152. The molecule has 0 aliphatic heterocycles. The zero-order chi connectivity index (χ0) is 14.7. The van der Waals surface area contributed by atoms with Gasteiger partial charge in [0.1, 0.15) is 0 Å². The summed E-state index contributed by atoms with van der Waals surface area (Å²) < 4.78 is 12.4. The van der Waals surface area contributed by atoms with Crippen LogP contribution in [-0.4, -0.2) is 22.8 Å². The quantitative estimate of drug-likeness (QED) is 0.630. The monoisotopic (exact) mass is 286 g/mol. The van der Waals surface area contributed by atoms with E-state index in [1.807, 2.05) is 14.2 Å². The van der Waals surface area contributed by atoms with Crippen molar-refractivity contribution in [2.45, 2.75) is 77.3 Å². The van der Waals surface area contributed by atoms with Gasteiger partial charge in [0.05, 0.1) is 0 Å². The van der Waals surface area contributed by atoms with Crippen LogP contribution in [-0.2, 0) is 8.85 Å². The molecule has 2 nitrogen and oxygen atoms in total. The highest BCUT2D eigenvalue weighted by atomic mass is 28.4. The number of hydrogen-bond acceptors (Lipinski definition) is 2. The predicted molar refractivity (Wildman–Crippen MR) is 84.7 cm³/mol. The molecule has 1 rings (SSSR count). The zero-order valence-electron chi connectivity index (χ0n) is 14.1. The minimum absolute atomic E-state index is 0.145. The van der Waals surface area contributed by atoms with Gasteiger partial charge in [-0.2, -0.15) is 0 Å².